The number of amides is 2. The molecule has 218 valence electrons. The lowest BCUT2D eigenvalue weighted by Crippen LogP contribution is -2.46. The number of carboxylic acid groups (broad SMARTS) is 1. The number of hydrogen-bond acceptors (Lipinski definition) is 5. The van der Waals surface area contributed by atoms with Crippen molar-refractivity contribution in [2.24, 2.45) is 0 Å². The zero-order valence-electron chi connectivity index (χ0n) is 23.4. The Morgan fingerprint density at radius 3 is 2.22 bits per heavy atom. The molecule has 3 aromatic carbocycles. The number of unbranched alkanes of at least 4 members (excludes halogenated alkanes) is 3. The monoisotopic (exact) mass is 560 g/mol. The molecule has 0 aromatic heterocycles. The largest absolute Gasteiger partial charge is 0.494 e. The second-order valence-corrected chi connectivity index (χ2v) is 10.4. The van der Waals surface area contributed by atoms with Crippen LogP contribution in [0.3, 0.4) is 0 Å². The Bertz CT molecular complexity index is 1230. The van der Waals surface area contributed by atoms with E-state index in [4.69, 9.17) is 14.6 Å². The molecule has 41 heavy (non-hydrogen) atoms. The van der Waals surface area contributed by atoms with Gasteiger partial charge in [-0.05, 0) is 68.2 Å². The summed E-state index contributed by atoms with van der Waals surface area (Å²) < 4.78 is 11.4. The minimum absolute atomic E-state index is 0.0701. The summed E-state index contributed by atoms with van der Waals surface area (Å²) in [6.45, 7) is 0.935. The van der Waals surface area contributed by atoms with Crippen LogP contribution < -0.4 is 15.0 Å². The van der Waals surface area contributed by atoms with Gasteiger partial charge in [0.25, 0.3) is 0 Å². The maximum Gasteiger partial charge on any atom is 0.412 e. The zero-order chi connectivity index (χ0) is 28.9. The first-order valence-electron chi connectivity index (χ1n) is 14.5. The average Bonchev–Trinajstić information content (AvgIpc) is 3.00. The smallest absolute Gasteiger partial charge is 0.412 e. The first-order valence-corrected chi connectivity index (χ1v) is 14.5. The van der Waals surface area contributed by atoms with Gasteiger partial charge in [-0.25, -0.2) is 9.59 Å². The van der Waals surface area contributed by atoms with Gasteiger partial charge in [-0.1, -0.05) is 67.1 Å². The average molecular weight is 561 g/mol. The van der Waals surface area contributed by atoms with Crippen molar-refractivity contribution in [2.45, 2.75) is 70.1 Å². The van der Waals surface area contributed by atoms with Crippen LogP contribution in [0.25, 0.3) is 11.1 Å². The molecule has 0 aliphatic heterocycles. The molecular weight excluding hydrogens is 520 g/mol. The van der Waals surface area contributed by atoms with Crippen molar-refractivity contribution >= 4 is 17.9 Å². The highest BCUT2D eigenvalue weighted by atomic mass is 16.5. The number of nitrogens with one attached hydrogen (secondary N) is 1. The maximum absolute atomic E-state index is 12.7. The van der Waals surface area contributed by atoms with Crippen molar-refractivity contribution in [3.63, 3.8) is 0 Å². The summed E-state index contributed by atoms with van der Waals surface area (Å²) in [5.74, 6) is 0.629. The number of alkyl carbamates (subject to hydrolysis) is 1. The molecule has 1 saturated carbocycles. The van der Waals surface area contributed by atoms with Gasteiger partial charge in [0.2, 0.25) is 0 Å². The summed E-state index contributed by atoms with van der Waals surface area (Å²) in [6, 6.07) is 24.6. The van der Waals surface area contributed by atoms with Gasteiger partial charge in [-0.2, -0.15) is 0 Å². The molecule has 1 fully saturated rings. The molecule has 0 bridgehead atoms. The number of carbonyl (C=O) groups excluding carboxylic acids is 1. The Labute approximate surface area is 241 Å². The van der Waals surface area contributed by atoms with Crippen molar-refractivity contribution < 1.29 is 29.3 Å². The van der Waals surface area contributed by atoms with Crippen molar-refractivity contribution in [1.29, 1.82) is 0 Å². The molecule has 8 nitrogen and oxygen atoms in total. The molecule has 0 unspecified atom stereocenters. The van der Waals surface area contributed by atoms with E-state index in [1.807, 2.05) is 78.9 Å². The highest BCUT2D eigenvalue weighted by Crippen LogP contribution is 2.38. The Morgan fingerprint density at radius 1 is 0.854 bits per heavy atom. The number of carbonyl (C=O) groups is 2. The van der Waals surface area contributed by atoms with Crippen LogP contribution in [-0.2, 0) is 11.3 Å². The molecule has 0 radical (unpaired) electrons. The van der Waals surface area contributed by atoms with Crippen LogP contribution >= 0.6 is 0 Å². The highest BCUT2D eigenvalue weighted by molar-refractivity contribution is 5.94. The minimum Gasteiger partial charge on any atom is -0.494 e. The summed E-state index contributed by atoms with van der Waals surface area (Å²) >= 11 is 0. The Hall–Kier alpha value is -4.04. The predicted molar refractivity (Wildman–Crippen MR) is 159 cm³/mol. The highest BCUT2D eigenvalue weighted by Gasteiger charge is 2.32. The standard InChI is InChI=1S/C33H40N2O6/c36-21-9-1-2-10-22-40-29-19-20-30(26-13-7-4-8-14-26)31(23-29)35(33(38)39)28-17-15-27(16-18-28)34-32(37)41-24-25-11-5-3-6-12-25/h3-8,11-14,19-20,23,27-28,36H,1-2,9-10,15-18,21-22,24H2,(H,34,37)(H,38,39). The van der Waals surface area contributed by atoms with Crippen LogP contribution in [0.5, 0.6) is 5.75 Å². The summed E-state index contributed by atoms with van der Waals surface area (Å²) in [4.78, 5) is 26.5. The fourth-order valence-electron chi connectivity index (χ4n) is 5.29. The maximum atomic E-state index is 12.7. The third kappa shape index (κ3) is 8.98. The fourth-order valence-corrected chi connectivity index (χ4v) is 5.29. The molecule has 3 aromatic rings. The second kappa shape index (κ2) is 15.7. The van der Waals surface area contributed by atoms with Crippen LogP contribution in [0.1, 0.15) is 56.9 Å². The Morgan fingerprint density at radius 2 is 1.54 bits per heavy atom. The van der Waals surface area contributed by atoms with Crippen LogP contribution in [0.2, 0.25) is 0 Å². The van der Waals surface area contributed by atoms with Crippen molar-refractivity contribution in [3.05, 3.63) is 84.4 Å². The molecule has 1 aliphatic carbocycles. The van der Waals surface area contributed by atoms with Crippen LogP contribution in [0, 0.1) is 0 Å². The van der Waals surface area contributed by atoms with Gasteiger partial charge in [0.15, 0.2) is 0 Å². The van der Waals surface area contributed by atoms with Crippen molar-refractivity contribution in [2.75, 3.05) is 18.1 Å². The van der Waals surface area contributed by atoms with Gasteiger partial charge >= 0.3 is 12.2 Å². The topological polar surface area (TPSA) is 108 Å². The number of ether oxygens (including phenoxy) is 2. The SMILES string of the molecule is O=C(NC1CCC(N(C(=O)O)c2cc(OCCCCCCO)ccc2-c2ccccc2)CC1)OCc1ccccc1. The first kappa shape index (κ1) is 29.9. The van der Waals surface area contributed by atoms with E-state index in [1.54, 1.807) is 0 Å². The third-order valence-corrected chi connectivity index (χ3v) is 7.44. The van der Waals surface area contributed by atoms with E-state index in [-0.39, 0.29) is 25.3 Å². The van der Waals surface area contributed by atoms with E-state index >= 15 is 0 Å². The number of benzene rings is 3. The summed E-state index contributed by atoms with van der Waals surface area (Å²) in [6.07, 6.45) is 4.63. The van der Waals surface area contributed by atoms with E-state index in [0.717, 1.165) is 42.4 Å². The van der Waals surface area contributed by atoms with Crippen molar-refractivity contribution in [1.82, 2.24) is 5.32 Å². The number of aliphatic hydroxyl groups is 1. The fraction of sp³-hybridized carbons (Fsp3) is 0.394. The molecule has 0 saturated heterocycles. The van der Waals surface area contributed by atoms with Crippen LogP contribution in [0.15, 0.2) is 78.9 Å². The number of nitrogens with zero attached hydrogens (tertiary/aromatic N) is 1. The number of hydrogen-bond donors (Lipinski definition) is 3. The molecule has 1 aliphatic rings. The van der Waals surface area contributed by atoms with E-state index in [2.05, 4.69) is 5.32 Å². The number of rotatable bonds is 13. The molecule has 3 N–H and O–H groups in total. The molecule has 0 heterocycles. The van der Waals surface area contributed by atoms with E-state index in [1.165, 1.54) is 4.90 Å². The van der Waals surface area contributed by atoms with Gasteiger partial charge in [0.05, 0.1) is 12.3 Å². The third-order valence-electron chi connectivity index (χ3n) is 7.44. The lowest BCUT2D eigenvalue weighted by molar-refractivity contribution is 0.132. The van der Waals surface area contributed by atoms with Gasteiger partial charge in [-0.3, -0.25) is 4.90 Å². The first-order chi connectivity index (χ1) is 20.0. The quantitative estimate of drug-likeness (QED) is 0.194. The molecule has 2 amide bonds. The van der Waals surface area contributed by atoms with Gasteiger partial charge in [0.1, 0.15) is 12.4 Å². The lowest BCUT2D eigenvalue weighted by atomic mass is 9.89. The number of anilines is 1. The lowest BCUT2D eigenvalue weighted by Gasteiger charge is -2.36. The molecular formula is C33H40N2O6. The molecule has 8 heteroatoms. The summed E-state index contributed by atoms with van der Waals surface area (Å²) in [5, 5.41) is 22.3. The Kier molecular flexibility index (Phi) is 11.4. The van der Waals surface area contributed by atoms with Crippen LogP contribution in [-0.4, -0.2) is 47.7 Å². The molecule has 0 atom stereocenters. The van der Waals surface area contributed by atoms with E-state index < -0.39 is 12.2 Å². The van der Waals surface area contributed by atoms with Crippen molar-refractivity contribution in [3.8, 4) is 16.9 Å². The molecule has 0 spiro atoms. The van der Waals surface area contributed by atoms with E-state index in [9.17, 15) is 14.7 Å². The second-order valence-electron chi connectivity index (χ2n) is 10.4. The summed E-state index contributed by atoms with van der Waals surface area (Å²) in [7, 11) is 0. The Balaban J connectivity index is 1.42. The summed E-state index contributed by atoms with van der Waals surface area (Å²) in [5.41, 5.74) is 3.28. The van der Waals surface area contributed by atoms with Gasteiger partial charge in [0, 0.05) is 30.3 Å². The molecule has 4 rings (SSSR count). The van der Waals surface area contributed by atoms with Gasteiger partial charge < -0.3 is 25.0 Å². The van der Waals surface area contributed by atoms with Gasteiger partial charge in [-0.15, -0.1) is 0 Å². The van der Waals surface area contributed by atoms with Crippen LogP contribution in [0.4, 0.5) is 15.3 Å². The predicted octanol–water partition coefficient (Wildman–Crippen LogP) is 7.01. The van der Waals surface area contributed by atoms with E-state index in [0.29, 0.717) is 43.7 Å². The zero-order valence-corrected chi connectivity index (χ0v) is 23.4. The normalized spacial score (nSPS) is 16.5. The number of aliphatic hydroxyl groups excluding tert-OH is 1. The minimum atomic E-state index is -1.01.